The summed E-state index contributed by atoms with van der Waals surface area (Å²) in [6.07, 6.45) is 3.63. The molecular weight excluding hydrogens is 384 g/mol. The molecule has 0 amide bonds. The second-order valence-electron chi connectivity index (χ2n) is 9.54. The number of aromatic nitrogens is 2. The van der Waals surface area contributed by atoms with Crippen LogP contribution in [-0.2, 0) is 15.6 Å². The average molecular weight is 417 g/mol. The summed E-state index contributed by atoms with van der Waals surface area (Å²) >= 11 is 0. The number of hydrogen-bond donors (Lipinski definition) is 2. The van der Waals surface area contributed by atoms with Gasteiger partial charge in [0.1, 0.15) is 5.82 Å². The van der Waals surface area contributed by atoms with Crippen LogP contribution in [0.15, 0.2) is 54.6 Å². The van der Waals surface area contributed by atoms with E-state index in [1.54, 1.807) is 7.11 Å². The Morgan fingerprint density at radius 3 is 2.23 bits per heavy atom. The van der Waals surface area contributed by atoms with E-state index in [1.807, 2.05) is 18.2 Å². The van der Waals surface area contributed by atoms with Crippen LogP contribution in [-0.4, -0.2) is 23.7 Å². The zero-order valence-corrected chi connectivity index (χ0v) is 18.9. The van der Waals surface area contributed by atoms with Crippen molar-refractivity contribution < 1.29 is 4.74 Å². The van der Waals surface area contributed by atoms with Crippen molar-refractivity contribution in [2.24, 2.45) is 0 Å². The molecule has 1 aliphatic rings. The second-order valence-corrected chi connectivity index (χ2v) is 9.54. The van der Waals surface area contributed by atoms with Gasteiger partial charge in [0.25, 0.3) is 0 Å². The molecule has 0 aliphatic heterocycles. The van der Waals surface area contributed by atoms with Crippen molar-refractivity contribution in [3.63, 3.8) is 0 Å². The fourth-order valence-corrected chi connectivity index (χ4v) is 4.51. The van der Waals surface area contributed by atoms with Gasteiger partial charge in [-0.25, -0.2) is 4.98 Å². The minimum Gasteiger partial charge on any atom is -0.384 e. The summed E-state index contributed by atoms with van der Waals surface area (Å²) in [5.41, 5.74) is 11.6. The number of nitrogens with one attached hydrogen (secondary N) is 1. The van der Waals surface area contributed by atoms with Gasteiger partial charge >= 0.3 is 0 Å². The number of ether oxygens (including phenoxy) is 1. The van der Waals surface area contributed by atoms with E-state index in [0.717, 1.165) is 29.1 Å². The van der Waals surface area contributed by atoms with E-state index < -0.39 is 0 Å². The van der Waals surface area contributed by atoms with Crippen molar-refractivity contribution in [2.45, 2.75) is 50.9 Å². The molecule has 31 heavy (non-hydrogen) atoms. The number of rotatable bonds is 6. The third kappa shape index (κ3) is 4.28. The number of nitrogens with two attached hydrogens (primary N) is 1. The van der Waals surface area contributed by atoms with Crippen molar-refractivity contribution in [3.8, 4) is 11.3 Å². The molecule has 0 bridgehead atoms. The van der Waals surface area contributed by atoms with Gasteiger partial charge in [0, 0.05) is 29.3 Å². The van der Waals surface area contributed by atoms with Crippen LogP contribution in [0.25, 0.3) is 11.3 Å². The quantitative estimate of drug-likeness (QED) is 0.528. The summed E-state index contributed by atoms with van der Waals surface area (Å²) < 4.78 is 5.49. The first-order chi connectivity index (χ1) is 14.8. The van der Waals surface area contributed by atoms with Crippen molar-refractivity contribution in [3.05, 3.63) is 65.7 Å². The first-order valence-electron chi connectivity index (χ1n) is 10.9. The molecule has 0 radical (unpaired) electrons. The number of anilines is 3. The minimum absolute atomic E-state index is 0.170. The Bertz CT molecular complexity index is 1040. The number of nitrogen functional groups attached to an aromatic ring is 1. The summed E-state index contributed by atoms with van der Waals surface area (Å²) in [7, 11) is 1.78. The molecule has 1 fully saturated rings. The molecule has 1 aliphatic carbocycles. The van der Waals surface area contributed by atoms with Crippen LogP contribution in [0.5, 0.6) is 0 Å². The summed E-state index contributed by atoms with van der Waals surface area (Å²) in [5, 5.41) is 3.35. The SMILES string of the molecule is COCC1(c2ccc(Nc3nc(N)c(C(C)(C)C)c(-c4ccccc4)n3)cc2)CCC1. The lowest BCUT2D eigenvalue weighted by molar-refractivity contribution is 0.0792. The third-order valence-corrected chi connectivity index (χ3v) is 6.22. The van der Waals surface area contributed by atoms with E-state index in [2.05, 4.69) is 67.5 Å². The summed E-state index contributed by atoms with van der Waals surface area (Å²) in [6, 6.07) is 18.7. The zero-order chi connectivity index (χ0) is 22.1. The second kappa shape index (κ2) is 8.31. The molecular formula is C26H32N4O. The van der Waals surface area contributed by atoms with E-state index in [4.69, 9.17) is 15.5 Å². The molecule has 0 unspecified atom stereocenters. The van der Waals surface area contributed by atoms with Crippen molar-refractivity contribution in [1.82, 2.24) is 9.97 Å². The first kappa shape index (κ1) is 21.3. The van der Waals surface area contributed by atoms with Gasteiger partial charge < -0.3 is 15.8 Å². The minimum atomic E-state index is -0.173. The van der Waals surface area contributed by atoms with Crippen LogP contribution in [0, 0.1) is 0 Å². The van der Waals surface area contributed by atoms with Gasteiger partial charge in [0.2, 0.25) is 5.95 Å². The molecule has 0 atom stereocenters. The largest absolute Gasteiger partial charge is 0.384 e. The highest BCUT2D eigenvalue weighted by atomic mass is 16.5. The number of methoxy groups -OCH3 is 1. The summed E-state index contributed by atoms with van der Waals surface area (Å²) in [6.45, 7) is 7.18. The van der Waals surface area contributed by atoms with Crippen LogP contribution in [0.1, 0.15) is 51.2 Å². The molecule has 0 saturated heterocycles. The maximum Gasteiger partial charge on any atom is 0.229 e. The van der Waals surface area contributed by atoms with Crippen LogP contribution in [0.2, 0.25) is 0 Å². The maximum atomic E-state index is 6.43. The molecule has 0 spiro atoms. The van der Waals surface area contributed by atoms with E-state index in [-0.39, 0.29) is 10.8 Å². The zero-order valence-electron chi connectivity index (χ0n) is 18.9. The molecule has 1 heterocycles. The Balaban J connectivity index is 1.66. The highest BCUT2D eigenvalue weighted by molar-refractivity contribution is 5.72. The lowest BCUT2D eigenvalue weighted by Gasteiger charge is -2.42. The van der Waals surface area contributed by atoms with Gasteiger partial charge in [-0.2, -0.15) is 4.98 Å². The topological polar surface area (TPSA) is 73.1 Å². The van der Waals surface area contributed by atoms with Gasteiger partial charge in [0.15, 0.2) is 0 Å². The fourth-order valence-electron chi connectivity index (χ4n) is 4.51. The van der Waals surface area contributed by atoms with Gasteiger partial charge in [-0.15, -0.1) is 0 Å². The summed E-state index contributed by atoms with van der Waals surface area (Å²) in [5.74, 6) is 1.02. The smallest absolute Gasteiger partial charge is 0.229 e. The molecule has 5 nitrogen and oxygen atoms in total. The normalized spacial score (nSPS) is 15.4. The Morgan fingerprint density at radius 2 is 1.68 bits per heavy atom. The first-order valence-corrected chi connectivity index (χ1v) is 10.9. The number of nitrogens with zero attached hydrogens (tertiary/aromatic N) is 2. The number of benzene rings is 2. The molecule has 2 aromatic carbocycles. The van der Waals surface area contributed by atoms with Crippen LogP contribution in [0.4, 0.5) is 17.5 Å². The van der Waals surface area contributed by atoms with Crippen LogP contribution < -0.4 is 11.1 Å². The van der Waals surface area contributed by atoms with E-state index in [9.17, 15) is 0 Å². The van der Waals surface area contributed by atoms with Crippen LogP contribution >= 0.6 is 0 Å². The van der Waals surface area contributed by atoms with E-state index in [0.29, 0.717) is 11.8 Å². The van der Waals surface area contributed by atoms with E-state index >= 15 is 0 Å². The van der Waals surface area contributed by atoms with Gasteiger partial charge in [-0.3, -0.25) is 0 Å². The lowest BCUT2D eigenvalue weighted by atomic mass is 9.65. The Morgan fingerprint density at radius 1 is 1.00 bits per heavy atom. The number of hydrogen-bond acceptors (Lipinski definition) is 5. The standard InChI is InChI=1S/C26H32N4O/c1-25(2,3)21-22(18-9-6-5-7-10-18)29-24(30-23(21)27)28-20-13-11-19(12-14-20)26(17-31-4)15-8-16-26/h5-7,9-14H,8,15-17H2,1-4H3,(H3,27,28,29,30). The lowest BCUT2D eigenvalue weighted by Crippen LogP contribution is -2.38. The Kier molecular flexibility index (Phi) is 5.71. The highest BCUT2D eigenvalue weighted by Gasteiger charge is 2.38. The molecule has 1 saturated carbocycles. The average Bonchev–Trinajstić information content (AvgIpc) is 2.70. The molecule has 3 N–H and O–H groups in total. The Labute approximate surface area is 185 Å². The predicted molar refractivity (Wildman–Crippen MR) is 128 cm³/mol. The molecule has 5 heteroatoms. The van der Waals surface area contributed by atoms with Gasteiger partial charge in [-0.05, 0) is 36.0 Å². The maximum absolute atomic E-state index is 6.43. The van der Waals surface area contributed by atoms with Gasteiger partial charge in [-0.1, -0.05) is 69.7 Å². The van der Waals surface area contributed by atoms with E-state index in [1.165, 1.54) is 24.8 Å². The fraction of sp³-hybridized carbons (Fsp3) is 0.385. The van der Waals surface area contributed by atoms with Crippen molar-refractivity contribution in [2.75, 3.05) is 24.8 Å². The van der Waals surface area contributed by atoms with Gasteiger partial charge in [0.05, 0.1) is 12.3 Å². The molecule has 3 aromatic rings. The molecule has 1 aromatic heterocycles. The van der Waals surface area contributed by atoms with Crippen LogP contribution in [0.3, 0.4) is 0 Å². The molecule has 162 valence electrons. The van der Waals surface area contributed by atoms with Crippen molar-refractivity contribution >= 4 is 17.5 Å². The monoisotopic (exact) mass is 416 g/mol. The van der Waals surface area contributed by atoms with Crippen molar-refractivity contribution in [1.29, 1.82) is 0 Å². The third-order valence-electron chi connectivity index (χ3n) is 6.22. The highest BCUT2D eigenvalue weighted by Crippen LogP contribution is 2.44. The predicted octanol–water partition coefficient (Wildman–Crippen LogP) is 5.84. The molecule has 4 rings (SSSR count). The summed E-state index contributed by atoms with van der Waals surface area (Å²) in [4.78, 5) is 9.46. The Hall–Kier alpha value is -2.92.